The molecule has 0 amide bonds. The summed E-state index contributed by atoms with van der Waals surface area (Å²) in [5.74, 6) is 1.52. The van der Waals surface area contributed by atoms with Crippen LogP contribution in [0.5, 0.6) is 0 Å². The Kier molecular flexibility index (Phi) is 5.20. The van der Waals surface area contributed by atoms with Gasteiger partial charge in [-0.05, 0) is 49.9 Å². The van der Waals surface area contributed by atoms with Crippen LogP contribution in [-0.4, -0.2) is 31.1 Å². The number of hydrogen-bond donors (Lipinski definition) is 1. The van der Waals surface area contributed by atoms with Gasteiger partial charge >= 0.3 is 0 Å². The third kappa shape index (κ3) is 4.20. The van der Waals surface area contributed by atoms with E-state index in [0.29, 0.717) is 5.69 Å². The molecule has 1 aromatic rings. The van der Waals surface area contributed by atoms with Crippen molar-refractivity contribution in [2.45, 2.75) is 26.7 Å². The standard InChI is InChI=1S/C16H25FN2/c1-13(2)14-7-10-19(11-8-14)12-9-18-16-6-4-3-5-15(16)17/h3-6,13-14,18H,7-12H2,1-2H3. The molecule has 1 aliphatic rings. The number of hydrogen-bond acceptors (Lipinski definition) is 2. The van der Waals surface area contributed by atoms with E-state index in [4.69, 9.17) is 0 Å². The van der Waals surface area contributed by atoms with E-state index in [-0.39, 0.29) is 5.82 Å². The maximum absolute atomic E-state index is 13.4. The molecule has 3 heteroatoms. The number of benzene rings is 1. The smallest absolute Gasteiger partial charge is 0.146 e. The molecular weight excluding hydrogens is 239 g/mol. The van der Waals surface area contributed by atoms with Crippen molar-refractivity contribution in [3.05, 3.63) is 30.1 Å². The summed E-state index contributed by atoms with van der Waals surface area (Å²) in [7, 11) is 0. The number of rotatable bonds is 5. The van der Waals surface area contributed by atoms with Crippen molar-refractivity contribution in [3.63, 3.8) is 0 Å². The van der Waals surface area contributed by atoms with Gasteiger partial charge in [-0.2, -0.15) is 0 Å². The van der Waals surface area contributed by atoms with Gasteiger partial charge in [0.2, 0.25) is 0 Å². The zero-order chi connectivity index (χ0) is 13.7. The Hall–Kier alpha value is -1.09. The minimum Gasteiger partial charge on any atom is -0.381 e. The van der Waals surface area contributed by atoms with Crippen LogP contribution in [0.4, 0.5) is 10.1 Å². The van der Waals surface area contributed by atoms with Crippen molar-refractivity contribution >= 4 is 5.69 Å². The Morgan fingerprint density at radius 2 is 1.95 bits per heavy atom. The predicted molar refractivity (Wildman–Crippen MR) is 78.9 cm³/mol. The highest BCUT2D eigenvalue weighted by Crippen LogP contribution is 2.24. The molecule has 2 nitrogen and oxygen atoms in total. The van der Waals surface area contributed by atoms with E-state index in [9.17, 15) is 4.39 Å². The average Bonchev–Trinajstić information content (AvgIpc) is 2.41. The lowest BCUT2D eigenvalue weighted by Crippen LogP contribution is -2.38. The topological polar surface area (TPSA) is 15.3 Å². The molecule has 0 aromatic heterocycles. The first-order valence-corrected chi connectivity index (χ1v) is 7.37. The lowest BCUT2D eigenvalue weighted by Gasteiger charge is -2.33. The summed E-state index contributed by atoms with van der Waals surface area (Å²) >= 11 is 0. The van der Waals surface area contributed by atoms with Gasteiger partial charge in [0.1, 0.15) is 5.82 Å². The Bertz CT molecular complexity index is 384. The SMILES string of the molecule is CC(C)C1CCN(CCNc2ccccc2F)CC1. The van der Waals surface area contributed by atoms with E-state index in [1.165, 1.54) is 32.0 Å². The van der Waals surface area contributed by atoms with Crippen LogP contribution in [0, 0.1) is 17.7 Å². The van der Waals surface area contributed by atoms with Crippen molar-refractivity contribution < 1.29 is 4.39 Å². The lowest BCUT2D eigenvalue weighted by atomic mass is 9.87. The normalized spacial score (nSPS) is 17.9. The van der Waals surface area contributed by atoms with E-state index >= 15 is 0 Å². The summed E-state index contributed by atoms with van der Waals surface area (Å²) < 4.78 is 13.4. The van der Waals surface area contributed by atoms with Gasteiger partial charge in [-0.15, -0.1) is 0 Å². The molecule has 0 aliphatic carbocycles. The summed E-state index contributed by atoms with van der Waals surface area (Å²) in [4.78, 5) is 2.48. The quantitative estimate of drug-likeness (QED) is 0.874. The monoisotopic (exact) mass is 264 g/mol. The highest BCUT2D eigenvalue weighted by Gasteiger charge is 2.20. The Morgan fingerprint density at radius 3 is 2.58 bits per heavy atom. The molecule has 0 atom stereocenters. The first kappa shape index (κ1) is 14.3. The van der Waals surface area contributed by atoms with Crippen LogP contribution in [0.2, 0.25) is 0 Å². The molecule has 0 unspecified atom stereocenters. The third-order valence-electron chi connectivity index (χ3n) is 4.19. The van der Waals surface area contributed by atoms with E-state index in [0.717, 1.165) is 24.9 Å². The van der Waals surface area contributed by atoms with Crippen LogP contribution in [-0.2, 0) is 0 Å². The molecule has 0 spiro atoms. The van der Waals surface area contributed by atoms with Gasteiger partial charge in [0.15, 0.2) is 0 Å². The second-order valence-electron chi connectivity index (χ2n) is 5.83. The first-order chi connectivity index (χ1) is 9.16. The second kappa shape index (κ2) is 6.90. The number of halogens is 1. The van der Waals surface area contributed by atoms with Crippen LogP contribution in [0.25, 0.3) is 0 Å². The molecular formula is C16H25FN2. The molecule has 1 N–H and O–H groups in total. The molecule has 1 aliphatic heterocycles. The molecule has 1 saturated heterocycles. The van der Waals surface area contributed by atoms with Gasteiger partial charge in [0.25, 0.3) is 0 Å². The fraction of sp³-hybridized carbons (Fsp3) is 0.625. The zero-order valence-electron chi connectivity index (χ0n) is 12.0. The van der Waals surface area contributed by atoms with Gasteiger partial charge in [0, 0.05) is 13.1 Å². The summed E-state index contributed by atoms with van der Waals surface area (Å²) in [6.07, 6.45) is 2.61. The summed E-state index contributed by atoms with van der Waals surface area (Å²) in [5, 5.41) is 3.18. The van der Waals surface area contributed by atoms with Crippen molar-refractivity contribution in [1.82, 2.24) is 4.90 Å². The number of nitrogens with zero attached hydrogens (tertiary/aromatic N) is 1. The third-order valence-corrected chi connectivity index (χ3v) is 4.19. The van der Waals surface area contributed by atoms with Gasteiger partial charge < -0.3 is 10.2 Å². The molecule has 106 valence electrons. The maximum atomic E-state index is 13.4. The maximum Gasteiger partial charge on any atom is 0.146 e. The Labute approximate surface area is 116 Å². The molecule has 1 heterocycles. The lowest BCUT2D eigenvalue weighted by molar-refractivity contribution is 0.162. The average molecular weight is 264 g/mol. The molecule has 1 fully saturated rings. The molecule has 0 radical (unpaired) electrons. The molecule has 1 aromatic carbocycles. The highest BCUT2D eigenvalue weighted by molar-refractivity contribution is 5.44. The van der Waals surface area contributed by atoms with E-state index in [1.807, 2.05) is 6.07 Å². The Balaban J connectivity index is 1.69. The van der Waals surface area contributed by atoms with Crippen LogP contribution < -0.4 is 5.32 Å². The number of piperidine rings is 1. The van der Waals surface area contributed by atoms with Crippen molar-refractivity contribution in [2.75, 3.05) is 31.5 Å². The van der Waals surface area contributed by atoms with Crippen LogP contribution in [0.1, 0.15) is 26.7 Å². The van der Waals surface area contributed by atoms with Gasteiger partial charge in [-0.25, -0.2) is 4.39 Å². The van der Waals surface area contributed by atoms with Crippen molar-refractivity contribution in [2.24, 2.45) is 11.8 Å². The zero-order valence-corrected chi connectivity index (χ0v) is 12.0. The van der Waals surface area contributed by atoms with Crippen LogP contribution in [0.15, 0.2) is 24.3 Å². The van der Waals surface area contributed by atoms with Gasteiger partial charge in [-0.3, -0.25) is 0 Å². The minimum absolute atomic E-state index is 0.166. The van der Waals surface area contributed by atoms with Crippen molar-refractivity contribution in [1.29, 1.82) is 0 Å². The predicted octanol–water partition coefficient (Wildman–Crippen LogP) is 3.61. The first-order valence-electron chi connectivity index (χ1n) is 7.37. The van der Waals surface area contributed by atoms with Crippen LogP contribution >= 0.6 is 0 Å². The summed E-state index contributed by atoms with van der Waals surface area (Å²) in [6, 6.07) is 6.87. The molecule has 2 rings (SSSR count). The Morgan fingerprint density at radius 1 is 1.26 bits per heavy atom. The van der Waals surface area contributed by atoms with Crippen LogP contribution in [0.3, 0.4) is 0 Å². The molecule has 19 heavy (non-hydrogen) atoms. The van der Waals surface area contributed by atoms with E-state index in [1.54, 1.807) is 12.1 Å². The second-order valence-corrected chi connectivity index (χ2v) is 5.83. The fourth-order valence-corrected chi connectivity index (χ4v) is 2.80. The van der Waals surface area contributed by atoms with Gasteiger partial charge in [-0.1, -0.05) is 26.0 Å². The minimum atomic E-state index is -0.166. The van der Waals surface area contributed by atoms with Gasteiger partial charge in [0.05, 0.1) is 5.69 Å². The highest BCUT2D eigenvalue weighted by atomic mass is 19.1. The summed E-state index contributed by atoms with van der Waals surface area (Å²) in [5.41, 5.74) is 0.611. The number of anilines is 1. The molecule has 0 saturated carbocycles. The number of nitrogens with one attached hydrogen (secondary N) is 1. The molecule has 0 bridgehead atoms. The summed E-state index contributed by atoms with van der Waals surface area (Å²) in [6.45, 7) is 8.82. The van der Waals surface area contributed by atoms with Crippen molar-refractivity contribution in [3.8, 4) is 0 Å². The fourth-order valence-electron chi connectivity index (χ4n) is 2.80. The van der Waals surface area contributed by atoms with E-state index < -0.39 is 0 Å². The van der Waals surface area contributed by atoms with E-state index in [2.05, 4.69) is 24.1 Å². The number of para-hydroxylation sites is 1. The number of likely N-dealkylation sites (tertiary alicyclic amines) is 1. The largest absolute Gasteiger partial charge is 0.381 e.